The molecular weight excluding hydrogens is 643 g/mol. The Morgan fingerprint density at radius 2 is 1.66 bits per heavy atom. The summed E-state index contributed by atoms with van der Waals surface area (Å²) >= 11 is 12.7. The monoisotopic (exact) mass is 680 g/mol. The van der Waals surface area contributed by atoms with Gasteiger partial charge in [-0.15, -0.1) is 0 Å². The number of hydrogen-bond acceptors (Lipinski definition) is 7. The Morgan fingerprint density at radius 1 is 0.915 bits per heavy atom. The van der Waals surface area contributed by atoms with Gasteiger partial charge in [0.05, 0.1) is 42.3 Å². The summed E-state index contributed by atoms with van der Waals surface area (Å²) in [5, 5.41) is 3.61. The molecular formula is C35H38Cl2N4O6. The number of esters is 1. The molecule has 3 amide bonds. The lowest BCUT2D eigenvalue weighted by Crippen LogP contribution is -2.51. The van der Waals surface area contributed by atoms with Crippen molar-refractivity contribution in [3.8, 4) is 5.75 Å². The largest absolute Gasteiger partial charge is 0.496 e. The van der Waals surface area contributed by atoms with Gasteiger partial charge in [-0.1, -0.05) is 35.3 Å². The number of rotatable bonds is 8. The highest BCUT2D eigenvalue weighted by atomic mass is 35.5. The highest BCUT2D eigenvalue weighted by molar-refractivity contribution is 6.34. The Bertz CT molecular complexity index is 1660. The fraction of sp³-hybridized carbons (Fsp3) is 0.371. The smallest absolute Gasteiger partial charge is 0.320 e. The lowest BCUT2D eigenvalue weighted by Gasteiger charge is -2.36. The maximum atomic E-state index is 14.3. The van der Waals surface area contributed by atoms with Crippen LogP contribution in [0.25, 0.3) is 0 Å². The molecule has 3 aromatic rings. The number of amides is 3. The Hall–Kier alpha value is -4.12. The molecule has 0 spiro atoms. The highest BCUT2D eigenvalue weighted by Gasteiger charge is 2.37. The number of fused-ring (bicyclic) bond motifs is 1. The van der Waals surface area contributed by atoms with E-state index in [2.05, 4.69) is 5.32 Å². The van der Waals surface area contributed by atoms with Gasteiger partial charge in [0, 0.05) is 54.7 Å². The Balaban J connectivity index is 1.38. The third kappa shape index (κ3) is 7.72. The van der Waals surface area contributed by atoms with Crippen LogP contribution >= 0.6 is 23.2 Å². The first-order valence-electron chi connectivity index (χ1n) is 15.6. The third-order valence-electron chi connectivity index (χ3n) is 8.61. The molecule has 2 aliphatic rings. The zero-order valence-electron chi connectivity index (χ0n) is 26.6. The van der Waals surface area contributed by atoms with Gasteiger partial charge in [0.2, 0.25) is 5.91 Å². The van der Waals surface area contributed by atoms with Gasteiger partial charge in [0.1, 0.15) is 5.75 Å². The van der Waals surface area contributed by atoms with Crippen molar-refractivity contribution in [2.75, 3.05) is 56.7 Å². The van der Waals surface area contributed by atoms with Crippen LogP contribution in [0.15, 0.2) is 60.7 Å². The van der Waals surface area contributed by atoms with Crippen LogP contribution in [0.2, 0.25) is 10.0 Å². The van der Waals surface area contributed by atoms with E-state index < -0.39 is 5.92 Å². The summed E-state index contributed by atoms with van der Waals surface area (Å²) in [5.41, 5.74) is 2.37. The Labute approximate surface area is 284 Å². The molecule has 2 heterocycles. The van der Waals surface area contributed by atoms with E-state index in [9.17, 15) is 19.2 Å². The summed E-state index contributed by atoms with van der Waals surface area (Å²) in [6.07, 6.45) is 1.11. The molecule has 2 atom stereocenters. The predicted octanol–water partition coefficient (Wildman–Crippen LogP) is 5.87. The third-order valence-corrected chi connectivity index (χ3v) is 9.17. The summed E-state index contributed by atoms with van der Waals surface area (Å²) < 4.78 is 10.7. The first kappa shape index (κ1) is 34.2. The van der Waals surface area contributed by atoms with E-state index >= 15 is 0 Å². The number of piperazine rings is 1. The zero-order valence-corrected chi connectivity index (χ0v) is 28.1. The molecule has 47 heavy (non-hydrogen) atoms. The zero-order chi connectivity index (χ0) is 33.7. The molecule has 10 nitrogen and oxygen atoms in total. The molecule has 2 aliphatic heterocycles. The van der Waals surface area contributed by atoms with E-state index in [0.29, 0.717) is 83.7 Å². The van der Waals surface area contributed by atoms with Crippen molar-refractivity contribution in [2.24, 2.45) is 0 Å². The minimum atomic E-state index is -0.496. The summed E-state index contributed by atoms with van der Waals surface area (Å²) in [5.74, 6) is -1.20. The van der Waals surface area contributed by atoms with Crippen LogP contribution in [0.3, 0.4) is 0 Å². The Kier molecular flexibility index (Phi) is 11.1. The van der Waals surface area contributed by atoms with Crippen LogP contribution < -0.4 is 15.0 Å². The number of carbonyl (C=O) groups excluding carboxylic acids is 4. The number of nitrogens with zero attached hydrogens (tertiary/aromatic N) is 3. The van der Waals surface area contributed by atoms with Gasteiger partial charge in [-0.25, -0.2) is 0 Å². The fourth-order valence-corrected chi connectivity index (χ4v) is 6.58. The topological polar surface area (TPSA) is 108 Å². The Morgan fingerprint density at radius 3 is 2.36 bits per heavy atom. The molecule has 1 saturated heterocycles. The number of methoxy groups -OCH3 is 1. The second-order valence-corrected chi connectivity index (χ2v) is 12.5. The number of hydrogen-bond donors (Lipinski definition) is 1. The van der Waals surface area contributed by atoms with Crippen molar-refractivity contribution in [3.05, 3.63) is 87.4 Å². The second-order valence-electron chi connectivity index (χ2n) is 11.6. The fourth-order valence-electron chi connectivity index (χ4n) is 6.18. The number of ether oxygens (including phenoxy) is 2. The van der Waals surface area contributed by atoms with Crippen molar-refractivity contribution < 1.29 is 28.7 Å². The number of halogens is 2. The summed E-state index contributed by atoms with van der Waals surface area (Å²) in [6, 6.07) is 16.6. The van der Waals surface area contributed by atoms with E-state index in [1.807, 2.05) is 16.7 Å². The van der Waals surface area contributed by atoms with Crippen LogP contribution in [0.1, 0.15) is 58.9 Å². The lowest BCUT2D eigenvalue weighted by atomic mass is 9.91. The predicted molar refractivity (Wildman–Crippen MR) is 182 cm³/mol. The number of benzene rings is 3. The second kappa shape index (κ2) is 15.2. The average Bonchev–Trinajstić information content (AvgIpc) is 3.20. The van der Waals surface area contributed by atoms with Gasteiger partial charge in [-0.2, -0.15) is 0 Å². The minimum absolute atomic E-state index is 0.0259. The molecule has 3 aromatic carbocycles. The van der Waals surface area contributed by atoms with Crippen molar-refractivity contribution in [1.82, 2.24) is 9.80 Å². The minimum Gasteiger partial charge on any atom is -0.496 e. The summed E-state index contributed by atoms with van der Waals surface area (Å²) in [6.45, 7) is 6.37. The van der Waals surface area contributed by atoms with Crippen LogP contribution in [-0.4, -0.2) is 86.0 Å². The summed E-state index contributed by atoms with van der Waals surface area (Å²) in [4.78, 5) is 58.7. The molecule has 248 valence electrons. The van der Waals surface area contributed by atoms with E-state index in [1.165, 1.54) is 7.11 Å². The number of carbonyl (C=O) groups is 4. The van der Waals surface area contributed by atoms with Crippen molar-refractivity contribution in [3.63, 3.8) is 0 Å². The summed E-state index contributed by atoms with van der Waals surface area (Å²) in [7, 11) is 1.46. The highest BCUT2D eigenvalue weighted by Crippen LogP contribution is 2.41. The van der Waals surface area contributed by atoms with E-state index in [0.717, 1.165) is 0 Å². The van der Waals surface area contributed by atoms with Gasteiger partial charge in [-0.05, 0) is 74.7 Å². The van der Waals surface area contributed by atoms with Gasteiger partial charge < -0.3 is 24.6 Å². The van der Waals surface area contributed by atoms with Crippen LogP contribution in [0.4, 0.5) is 11.4 Å². The van der Waals surface area contributed by atoms with Gasteiger partial charge in [0.25, 0.3) is 11.8 Å². The first-order valence-corrected chi connectivity index (χ1v) is 16.4. The van der Waals surface area contributed by atoms with E-state index in [-0.39, 0.29) is 42.0 Å². The molecule has 5 rings (SSSR count). The molecule has 12 heteroatoms. The van der Waals surface area contributed by atoms with Crippen LogP contribution in [0, 0.1) is 0 Å². The molecule has 1 N–H and O–H groups in total. The van der Waals surface area contributed by atoms with Gasteiger partial charge >= 0.3 is 5.97 Å². The molecule has 2 unspecified atom stereocenters. The first-order chi connectivity index (χ1) is 22.6. The molecule has 0 aromatic heterocycles. The maximum absolute atomic E-state index is 14.3. The van der Waals surface area contributed by atoms with Gasteiger partial charge in [0.15, 0.2) is 0 Å². The quantitative estimate of drug-likeness (QED) is 0.296. The van der Waals surface area contributed by atoms with Crippen LogP contribution in [-0.2, 0) is 14.3 Å². The van der Waals surface area contributed by atoms with Crippen molar-refractivity contribution in [1.29, 1.82) is 0 Å². The van der Waals surface area contributed by atoms with Crippen LogP contribution in [0.5, 0.6) is 5.75 Å². The van der Waals surface area contributed by atoms with Crippen molar-refractivity contribution in [2.45, 2.75) is 38.6 Å². The molecule has 0 aliphatic carbocycles. The molecule has 0 saturated carbocycles. The molecule has 0 radical (unpaired) electrons. The maximum Gasteiger partial charge on any atom is 0.320 e. The SMILES string of the molecule is CCOC(=O)CN1CCN(C(=O)C2CCC(C)N(C(=O)c3ccc(NC(=O)c4ccccc4Cl)cc3OC)c3ccc(Cl)cc32)CC1. The lowest BCUT2D eigenvalue weighted by molar-refractivity contribution is -0.145. The van der Waals surface area contributed by atoms with Gasteiger partial charge in [-0.3, -0.25) is 24.1 Å². The number of anilines is 2. The number of nitrogens with one attached hydrogen (secondary N) is 1. The normalized spacial score (nSPS) is 18.1. The van der Waals surface area contributed by atoms with E-state index in [1.54, 1.807) is 72.5 Å². The van der Waals surface area contributed by atoms with Crippen molar-refractivity contribution >= 4 is 58.3 Å². The van der Waals surface area contributed by atoms with E-state index in [4.69, 9.17) is 32.7 Å². The average molecular weight is 682 g/mol. The standard InChI is InChI=1S/C35H38Cl2N4O6/c1-4-47-32(42)21-39-15-17-40(18-16-39)34(44)25-12-9-22(2)41(30-14-10-23(36)19-28(25)30)35(45)27-13-11-24(20-31(27)46-3)38-33(43)26-7-5-6-8-29(26)37/h5-8,10-11,13-14,19-20,22,25H,4,9,12,15-18,21H2,1-3H3,(H,38,43). The molecule has 1 fully saturated rings. The molecule has 0 bridgehead atoms.